The molecule has 0 bridgehead atoms. The van der Waals surface area contributed by atoms with Crippen molar-refractivity contribution in [2.45, 2.75) is 13.8 Å². The van der Waals surface area contributed by atoms with Crippen molar-refractivity contribution in [1.29, 1.82) is 0 Å². The van der Waals surface area contributed by atoms with Crippen LogP contribution in [0.25, 0.3) is 10.8 Å². The van der Waals surface area contributed by atoms with Gasteiger partial charge in [0.2, 0.25) is 0 Å². The second-order valence-electron chi connectivity index (χ2n) is 5.64. The first-order valence-electron chi connectivity index (χ1n) is 7.74. The number of fused-ring (bicyclic) bond motifs is 1. The second-order valence-corrected chi connectivity index (χ2v) is 6.56. The third-order valence-corrected chi connectivity index (χ3v) is 4.38. The minimum Gasteiger partial charge on any atom is -0.313 e. The molecule has 0 aliphatic carbocycles. The number of carbonyl (C=O) groups is 2. The van der Waals surface area contributed by atoms with E-state index in [9.17, 15) is 9.59 Å². The third kappa shape index (κ3) is 3.75. The molecule has 0 aliphatic heterocycles. The summed E-state index contributed by atoms with van der Waals surface area (Å²) in [4.78, 5) is 24.9. The lowest BCUT2D eigenvalue weighted by atomic mass is 10.0. The number of hydrogen-bond acceptors (Lipinski definition) is 4. The smallest absolute Gasteiger partial charge is 0.274 e. The molecule has 2 N–H and O–H groups in total. The highest BCUT2D eigenvalue weighted by Crippen LogP contribution is 2.25. The maximum Gasteiger partial charge on any atom is 0.274 e. The topological polar surface area (TPSA) is 70.6 Å². The van der Waals surface area contributed by atoms with Gasteiger partial charge in [0.15, 0.2) is 0 Å². The van der Waals surface area contributed by atoms with Crippen LogP contribution in [0.1, 0.15) is 34.6 Å². The van der Waals surface area contributed by atoms with Crippen LogP contribution in [-0.4, -0.2) is 17.5 Å². The average molecular weight is 351 g/mol. The summed E-state index contributed by atoms with van der Waals surface area (Å²) in [6, 6.07) is 14.9. The number of hydrazone groups is 1. The van der Waals surface area contributed by atoms with E-state index in [1.165, 1.54) is 11.3 Å². The van der Waals surface area contributed by atoms with Gasteiger partial charge < -0.3 is 5.32 Å². The van der Waals surface area contributed by atoms with E-state index in [0.29, 0.717) is 16.1 Å². The monoisotopic (exact) mass is 351 g/mol. The van der Waals surface area contributed by atoms with Gasteiger partial charge in [-0.3, -0.25) is 9.59 Å². The average Bonchev–Trinajstić information content (AvgIpc) is 3.07. The molecule has 5 nitrogen and oxygen atoms in total. The molecule has 25 heavy (non-hydrogen) atoms. The molecular formula is C19H17N3O2S. The van der Waals surface area contributed by atoms with Crippen LogP contribution in [0.3, 0.4) is 0 Å². The number of rotatable bonds is 4. The summed E-state index contributed by atoms with van der Waals surface area (Å²) in [5.41, 5.74) is 4.17. The molecular weight excluding hydrogens is 334 g/mol. The fraction of sp³-hybridized carbons (Fsp3) is 0.105. The van der Waals surface area contributed by atoms with Crippen LogP contribution >= 0.6 is 11.3 Å². The van der Waals surface area contributed by atoms with Crippen LogP contribution in [-0.2, 0) is 0 Å². The molecule has 0 atom stereocenters. The van der Waals surface area contributed by atoms with E-state index in [0.717, 1.165) is 16.5 Å². The number of nitrogens with zero attached hydrogens (tertiary/aromatic N) is 1. The summed E-state index contributed by atoms with van der Waals surface area (Å²) < 4.78 is 0. The Morgan fingerprint density at radius 3 is 2.48 bits per heavy atom. The first-order valence-corrected chi connectivity index (χ1v) is 8.62. The van der Waals surface area contributed by atoms with Gasteiger partial charge in [-0.2, -0.15) is 5.10 Å². The highest BCUT2D eigenvalue weighted by molar-refractivity contribution is 7.14. The Hall–Kier alpha value is -2.99. The molecule has 126 valence electrons. The predicted octanol–water partition coefficient (Wildman–Crippen LogP) is 4.28. The molecule has 0 spiro atoms. The van der Waals surface area contributed by atoms with Crippen molar-refractivity contribution in [3.05, 3.63) is 65.0 Å². The zero-order valence-electron chi connectivity index (χ0n) is 13.9. The standard InChI is InChI=1S/C19H17N3O2S/c1-12(2)21-22-18(24)16-10-11-25-19(16)20-17(23)15-9-5-7-13-6-3-4-8-14(13)15/h3-11H,1-2H3,(H,20,23)(H,22,24). The van der Waals surface area contributed by atoms with E-state index < -0.39 is 0 Å². The molecule has 2 amide bonds. The van der Waals surface area contributed by atoms with Crippen LogP contribution in [0.4, 0.5) is 5.00 Å². The van der Waals surface area contributed by atoms with Crippen LogP contribution < -0.4 is 10.7 Å². The van der Waals surface area contributed by atoms with Crippen molar-refractivity contribution < 1.29 is 9.59 Å². The number of hydrogen-bond donors (Lipinski definition) is 2. The molecule has 3 aromatic rings. The van der Waals surface area contributed by atoms with Gasteiger partial charge in [-0.15, -0.1) is 11.3 Å². The fourth-order valence-electron chi connectivity index (χ4n) is 2.40. The van der Waals surface area contributed by atoms with E-state index in [-0.39, 0.29) is 11.8 Å². The van der Waals surface area contributed by atoms with Gasteiger partial charge in [-0.05, 0) is 42.1 Å². The zero-order valence-corrected chi connectivity index (χ0v) is 14.7. The zero-order chi connectivity index (χ0) is 17.8. The number of amides is 2. The van der Waals surface area contributed by atoms with Crippen molar-refractivity contribution in [2.75, 3.05) is 5.32 Å². The summed E-state index contributed by atoms with van der Waals surface area (Å²) >= 11 is 1.30. The molecule has 6 heteroatoms. The molecule has 1 heterocycles. The van der Waals surface area contributed by atoms with Crippen molar-refractivity contribution in [3.8, 4) is 0 Å². The minimum absolute atomic E-state index is 0.247. The molecule has 2 aromatic carbocycles. The second kappa shape index (κ2) is 7.27. The van der Waals surface area contributed by atoms with Crippen molar-refractivity contribution in [3.63, 3.8) is 0 Å². The Bertz CT molecular complexity index is 966. The van der Waals surface area contributed by atoms with Crippen LogP contribution in [0, 0.1) is 0 Å². The number of benzene rings is 2. The van der Waals surface area contributed by atoms with Crippen molar-refractivity contribution >= 4 is 44.6 Å². The maximum atomic E-state index is 12.7. The van der Waals surface area contributed by atoms with E-state index in [1.807, 2.05) is 36.4 Å². The Morgan fingerprint density at radius 1 is 0.920 bits per heavy atom. The van der Waals surface area contributed by atoms with Crippen LogP contribution in [0.15, 0.2) is 59.0 Å². The summed E-state index contributed by atoms with van der Waals surface area (Å²) in [7, 11) is 0. The molecule has 0 fully saturated rings. The Kier molecular flexibility index (Phi) is 4.90. The molecule has 0 aliphatic rings. The molecule has 0 radical (unpaired) electrons. The summed E-state index contributed by atoms with van der Waals surface area (Å²) in [6.07, 6.45) is 0. The largest absolute Gasteiger partial charge is 0.313 e. The third-order valence-electron chi connectivity index (χ3n) is 3.55. The van der Waals surface area contributed by atoms with Gasteiger partial charge in [0.1, 0.15) is 5.00 Å². The van der Waals surface area contributed by atoms with Crippen molar-refractivity contribution in [1.82, 2.24) is 5.43 Å². The highest BCUT2D eigenvalue weighted by Gasteiger charge is 2.16. The summed E-state index contributed by atoms with van der Waals surface area (Å²) in [5.74, 6) is -0.598. The molecule has 0 saturated heterocycles. The van der Waals surface area contributed by atoms with Gasteiger partial charge in [-0.25, -0.2) is 5.43 Å². The van der Waals surface area contributed by atoms with E-state index in [2.05, 4.69) is 15.8 Å². The first kappa shape index (κ1) is 16.9. The fourth-order valence-corrected chi connectivity index (χ4v) is 3.18. The van der Waals surface area contributed by atoms with Gasteiger partial charge in [0.25, 0.3) is 11.8 Å². The van der Waals surface area contributed by atoms with Crippen LogP contribution in [0.5, 0.6) is 0 Å². The Balaban J connectivity index is 1.86. The van der Waals surface area contributed by atoms with Gasteiger partial charge >= 0.3 is 0 Å². The lowest BCUT2D eigenvalue weighted by molar-refractivity contribution is 0.0956. The van der Waals surface area contributed by atoms with Crippen LogP contribution in [0.2, 0.25) is 0 Å². The number of nitrogens with one attached hydrogen (secondary N) is 2. The molecule has 3 rings (SSSR count). The van der Waals surface area contributed by atoms with E-state index in [1.54, 1.807) is 31.4 Å². The molecule has 0 saturated carbocycles. The maximum absolute atomic E-state index is 12.7. The minimum atomic E-state index is -0.351. The first-order chi connectivity index (χ1) is 12.1. The lowest BCUT2D eigenvalue weighted by Gasteiger charge is -2.08. The van der Waals surface area contributed by atoms with Gasteiger partial charge in [0, 0.05) is 11.3 Å². The molecule has 0 unspecified atom stereocenters. The number of carbonyl (C=O) groups excluding carboxylic acids is 2. The normalized spacial score (nSPS) is 10.3. The molecule has 1 aromatic heterocycles. The van der Waals surface area contributed by atoms with E-state index >= 15 is 0 Å². The van der Waals surface area contributed by atoms with Gasteiger partial charge in [0.05, 0.1) is 5.56 Å². The summed E-state index contributed by atoms with van der Waals surface area (Å²) in [6.45, 7) is 3.58. The highest BCUT2D eigenvalue weighted by atomic mass is 32.1. The number of thiophene rings is 1. The SMILES string of the molecule is CC(C)=NNC(=O)c1ccsc1NC(=O)c1cccc2ccccc12. The van der Waals surface area contributed by atoms with Crippen molar-refractivity contribution in [2.24, 2.45) is 5.10 Å². The Labute approximate surface area is 149 Å². The number of anilines is 1. The quantitative estimate of drug-likeness (QED) is 0.544. The Morgan fingerprint density at radius 2 is 1.68 bits per heavy atom. The predicted molar refractivity (Wildman–Crippen MR) is 102 cm³/mol. The lowest BCUT2D eigenvalue weighted by Crippen LogP contribution is -2.20. The van der Waals surface area contributed by atoms with E-state index in [4.69, 9.17) is 0 Å². The van der Waals surface area contributed by atoms with Gasteiger partial charge in [-0.1, -0.05) is 36.4 Å². The summed E-state index contributed by atoms with van der Waals surface area (Å²) in [5, 5.41) is 10.9.